The molecule has 2 N–H and O–H groups in total. The summed E-state index contributed by atoms with van der Waals surface area (Å²) in [4.78, 5) is 48.6. The summed E-state index contributed by atoms with van der Waals surface area (Å²) in [5.74, 6) is -0.404. The van der Waals surface area contributed by atoms with Gasteiger partial charge in [0.1, 0.15) is 17.7 Å². The van der Waals surface area contributed by atoms with Crippen LogP contribution < -0.4 is 10.6 Å². The lowest BCUT2D eigenvalue weighted by Crippen LogP contribution is -2.43. The summed E-state index contributed by atoms with van der Waals surface area (Å²) in [6.45, 7) is 10.4. The Hall–Kier alpha value is -3.01. The molecule has 4 unspecified atom stereocenters. The molecule has 9 nitrogen and oxygen atoms in total. The van der Waals surface area contributed by atoms with Gasteiger partial charge < -0.3 is 24.9 Å². The van der Waals surface area contributed by atoms with E-state index in [2.05, 4.69) is 20.3 Å². The molecule has 0 aromatic heterocycles. The van der Waals surface area contributed by atoms with E-state index in [1.807, 2.05) is 41.7 Å². The third-order valence-electron chi connectivity index (χ3n) is 8.55. The number of halogens is 1. The highest BCUT2D eigenvalue weighted by Crippen LogP contribution is 2.38. The van der Waals surface area contributed by atoms with Gasteiger partial charge in [-0.3, -0.25) is 9.69 Å². The van der Waals surface area contributed by atoms with E-state index in [0.717, 1.165) is 44.9 Å². The number of anilines is 1. The molecule has 1 aromatic carbocycles. The zero-order chi connectivity index (χ0) is 32.9. The minimum absolute atomic E-state index is 0.0732. The van der Waals surface area contributed by atoms with Gasteiger partial charge in [-0.1, -0.05) is 45.4 Å². The van der Waals surface area contributed by atoms with Crippen molar-refractivity contribution in [3.05, 3.63) is 29.6 Å². The number of hydrogen-bond donors (Lipinski definition) is 2. The van der Waals surface area contributed by atoms with Crippen LogP contribution in [-0.4, -0.2) is 67.5 Å². The summed E-state index contributed by atoms with van der Waals surface area (Å²) in [7, 11) is 3.19. The Bertz CT molecular complexity index is 1090. The Morgan fingerprint density at radius 1 is 1.11 bits per heavy atom. The van der Waals surface area contributed by atoms with Crippen molar-refractivity contribution in [2.75, 3.05) is 26.0 Å². The Labute approximate surface area is 263 Å². The lowest BCUT2D eigenvalue weighted by molar-refractivity contribution is -0.121. The van der Waals surface area contributed by atoms with Crippen molar-refractivity contribution in [3.63, 3.8) is 0 Å². The molecule has 3 rings (SSSR count). The van der Waals surface area contributed by atoms with E-state index in [4.69, 9.17) is 4.74 Å². The quantitative estimate of drug-likeness (QED) is 0.208. The normalized spacial score (nSPS) is 20.5. The van der Waals surface area contributed by atoms with Crippen LogP contribution in [0.5, 0.6) is 0 Å². The summed E-state index contributed by atoms with van der Waals surface area (Å²) in [6.07, 6.45) is 11.4. The third kappa shape index (κ3) is 12.2. The molecule has 1 aliphatic carbocycles. The molecule has 4 atom stereocenters. The van der Waals surface area contributed by atoms with Gasteiger partial charge in [0.15, 0.2) is 0 Å². The van der Waals surface area contributed by atoms with E-state index < -0.39 is 17.4 Å². The third-order valence-corrected chi connectivity index (χ3v) is 8.55. The number of esters is 1. The largest absolute Gasteiger partial charge is 0.465 e. The minimum Gasteiger partial charge on any atom is -0.465 e. The van der Waals surface area contributed by atoms with Crippen LogP contribution >= 0.6 is 0 Å². The predicted octanol–water partition coefficient (Wildman–Crippen LogP) is 6.75. The zero-order valence-corrected chi connectivity index (χ0v) is 27.7. The number of likely N-dealkylation sites (tertiary alicyclic amines) is 1. The van der Waals surface area contributed by atoms with Gasteiger partial charge in [0.05, 0.1) is 18.7 Å². The number of nitrogens with zero attached hydrogens (tertiary/aromatic N) is 1. The molecule has 0 radical (unpaired) electrons. The topological polar surface area (TPSA) is 114 Å². The second-order valence-corrected chi connectivity index (χ2v) is 13.2. The number of likely N-dealkylation sites (N-methyl/N-ethyl adjacent to an activating group) is 1. The number of alkyl carbamates (subject to hydrolysis) is 1. The fourth-order valence-electron chi connectivity index (χ4n) is 6.15. The maximum atomic E-state index is 14.1. The molecule has 1 aliphatic heterocycles. The van der Waals surface area contributed by atoms with Gasteiger partial charge in [-0.2, -0.15) is 0 Å². The SMILES string of the molecule is CCC(C=O)CCCC(C)NC(=O)OC(C)(C)C.COC(=O)c1ccc(NC(=O)C2C(C3CCCCC3)CCN2C)cc1F. The Balaban J connectivity index is 0.000000331. The highest BCUT2D eigenvalue weighted by Gasteiger charge is 2.41. The van der Waals surface area contributed by atoms with Gasteiger partial charge in [0.25, 0.3) is 0 Å². The minimum atomic E-state index is -0.728. The van der Waals surface area contributed by atoms with E-state index in [1.54, 1.807) is 0 Å². The van der Waals surface area contributed by atoms with Gasteiger partial charge in [-0.15, -0.1) is 0 Å². The number of ether oxygens (including phenoxy) is 2. The smallest absolute Gasteiger partial charge is 0.407 e. The molecule has 44 heavy (non-hydrogen) atoms. The molecule has 1 aromatic rings. The molecule has 10 heteroatoms. The standard InChI is InChI=1S/C20H27FN2O3.C14H27NO3/c1-23-11-10-15(13-6-4-3-5-7-13)18(23)19(24)22-14-8-9-16(17(21)12-14)20(25)26-2;1-6-12(10-16)9-7-8-11(2)15-13(17)18-14(3,4)5/h8-9,12-13,15,18H,3-7,10-11H2,1-2H3,(H,22,24);10-12H,6-9H2,1-5H3,(H,15,17). The van der Waals surface area contributed by atoms with Gasteiger partial charge in [-0.05, 0) is 97.0 Å². The van der Waals surface area contributed by atoms with Crippen LogP contribution in [0.2, 0.25) is 0 Å². The Morgan fingerprint density at radius 2 is 1.80 bits per heavy atom. The molecular weight excluding hydrogens is 565 g/mol. The number of amides is 2. The van der Waals surface area contributed by atoms with Gasteiger partial charge in [0.2, 0.25) is 5.91 Å². The number of benzene rings is 1. The van der Waals surface area contributed by atoms with Crippen LogP contribution in [0.1, 0.15) is 109 Å². The van der Waals surface area contributed by atoms with Crippen LogP contribution in [0, 0.1) is 23.6 Å². The van der Waals surface area contributed by atoms with Crippen LogP contribution in [-0.2, 0) is 19.1 Å². The number of hydrogen-bond acceptors (Lipinski definition) is 7. The maximum absolute atomic E-state index is 14.1. The second-order valence-electron chi connectivity index (χ2n) is 13.2. The fraction of sp³-hybridized carbons (Fsp3) is 0.706. The van der Waals surface area contributed by atoms with E-state index in [0.29, 0.717) is 17.5 Å². The molecule has 2 aliphatic rings. The van der Waals surface area contributed by atoms with E-state index in [-0.39, 0.29) is 35.6 Å². The highest BCUT2D eigenvalue weighted by molar-refractivity contribution is 5.96. The molecule has 2 amide bonds. The molecule has 1 saturated carbocycles. The average molecular weight is 620 g/mol. The molecule has 0 bridgehead atoms. The van der Waals surface area contributed by atoms with Crippen LogP contribution in [0.25, 0.3) is 0 Å². The summed E-state index contributed by atoms with van der Waals surface area (Å²) in [6, 6.07) is 3.95. The van der Waals surface area contributed by atoms with Crippen molar-refractivity contribution in [3.8, 4) is 0 Å². The number of aldehydes is 1. The summed E-state index contributed by atoms with van der Waals surface area (Å²) < 4.78 is 23.8. The first kappa shape index (κ1) is 37.2. The molecule has 0 spiro atoms. The van der Waals surface area contributed by atoms with Crippen LogP contribution in [0.15, 0.2) is 18.2 Å². The van der Waals surface area contributed by atoms with Crippen molar-refractivity contribution >= 4 is 29.9 Å². The molecule has 1 saturated heterocycles. The molecule has 2 fully saturated rings. The lowest BCUT2D eigenvalue weighted by Gasteiger charge is -2.32. The number of rotatable bonds is 11. The maximum Gasteiger partial charge on any atom is 0.407 e. The molecule has 1 heterocycles. The Morgan fingerprint density at radius 3 is 2.36 bits per heavy atom. The average Bonchev–Trinajstić information content (AvgIpc) is 3.36. The van der Waals surface area contributed by atoms with Crippen molar-refractivity contribution < 1.29 is 33.0 Å². The second kappa shape index (κ2) is 18.1. The number of carbonyl (C=O) groups is 4. The van der Waals surface area contributed by atoms with E-state index in [1.165, 1.54) is 57.4 Å². The predicted molar refractivity (Wildman–Crippen MR) is 170 cm³/mol. The van der Waals surface area contributed by atoms with Crippen molar-refractivity contribution in [1.29, 1.82) is 0 Å². The summed E-state index contributed by atoms with van der Waals surface area (Å²) in [5, 5.41) is 5.63. The Kier molecular flexibility index (Phi) is 15.3. The lowest BCUT2D eigenvalue weighted by atomic mass is 9.76. The van der Waals surface area contributed by atoms with Crippen molar-refractivity contribution in [1.82, 2.24) is 10.2 Å². The van der Waals surface area contributed by atoms with E-state index >= 15 is 0 Å². The van der Waals surface area contributed by atoms with Gasteiger partial charge in [0, 0.05) is 17.6 Å². The van der Waals surface area contributed by atoms with E-state index in [9.17, 15) is 23.6 Å². The van der Waals surface area contributed by atoms with Crippen molar-refractivity contribution in [2.24, 2.45) is 17.8 Å². The summed E-state index contributed by atoms with van der Waals surface area (Å²) >= 11 is 0. The van der Waals surface area contributed by atoms with Crippen LogP contribution in [0.4, 0.5) is 14.9 Å². The number of methoxy groups -OCH3 is 1. The first-order chi connectivity index (χ1) is 20.8. The first-order valence-corrected chi connectivity index (χ1v) is 16.1. The number of nitrogens with one attached hydrogen (secondary N) is 2. The zero-order valence-electron chi connectivity index (χ0n) is 27.7. The summed E-state index contributed by atoms with van der Waals surface area (Å²) in [5.41, 5.74) is -0.236. The molecule has 248 valence electrons. The van der Waals surface area contributed by atoms with Crippen molar-refractivity contribution in [2.45, 2.75) is 117 Å². The number of carbonyl (C=O) groups excluding carboxylic acids is 4. The first-order valence-electron chi connectivity index (χ1n) is 16.1. The molecular formula is C34H54FN3O6. The van der Waals surface area contributed by atoms with Crippen LogP contribution in [0.3, 0.4) is 0 Å². The highest BCUT2D eigenvalue weighted by atomic mass is 19.1. The monoisotopic (exact) mass is 619 g/mol. The van der Waals surface area contributed by atoms with Gasteiger partial charge in [-0.25, -0.2) is 14.0 Å². The fourth-order valence-corrected chi connectivity index (χ4v) is 6.15. The van der Waals surface area contributed by atoms with Gasteiger partial charge >= 0.3 is 12.1 Å².